The van der Waals surface area contributed by atoms with Gasteiger partial charge in [0.2, 0.25) is 5.91 Å². The Kier molecular flexibility index (Phi) is 7.15. The highest BCUT2D eigenvalue weighted by Crippen LogP contribution is 2.30. The zero-order valence-electron chi connectivity index (χ0n) is 20.9. The SMILES string of the molecule is C[C@@H]1CCN(Cc2cc3c(nc2C=O)N(C(=O)Nc2cc(C[C@H]4CCOC4)c(C#N)cn2)CCC3)C1=O. The summed E-state index contributed by atoms with van der Waals surface area (Å²) in [5.41, 5.74) is 3.13. The van der Waals surface area contributed by atoms with Crippen LogP contribution in [0.1, 0.15) is 58.9 Å². The van der Waals surface area contributed by atoms with Gasteiger partial charge in [-0.15, -0.1) is 0 Å². The number of aromatic nitrogens is 2. The second-order valence-corrected chi connectivity index (χ2v) is 10.0. The van der Waals surface area contributed by atoms with Crippen molar-refractivity contribution in [3.05, 3.63) is 46.3 Å². The number of hydrogen-bond acceptors (Lipinski definition) is 7. The molecule has 1 N–H and O–H groups in total. The molecule has 3 amide bonds. The predicted octanol–water partition coefficient (Wildman–Crippen LogP) is 3.09. The van der Waals surface area contributed by atoms with Gasteiger partial charge >= 0.3 is 6.03 Å². The summed E-state index contributed by atoms with van der Waals surface area (Å²) in [6.07, 6.45) is 6.08. The second kappa shape index (κ2) is 10.6. The van der Waals surface area contributed by atoms with Crippen molar-refractivity contribution in [2.45, 2.75) is 45.6 Å². The minimum Gasteiger partial charge on any atom is -0.381 e. The number of amides is 3. The number of hydrogen-bond donors (Lipinski definition) is 1. The van der Waals surface area contributed by atoms with Gasteiger partial charge in [-0.3, -0.25) is 19.8 Å². The van der Waals surface area contributed by atoms with Crippen molar-refractivity contribution in [1.82, 2.24) is 14.9 Å². The highest BCUT2D eigenvalue weighted by atomic mass is 16.5. The molecule has 3 aliphatic rings. The van der Waals surface area contributed by atoms with Gasteiger partial charge in [0.15, 0.2) is 6.29 Å². The number of pyridine rings is 2. The molecule has 0 spiro atoms. The van der Waals surface area contributed by atoms with Gasteiger partial charge in [-0.25, -0.2) is 14.8 Å². The van der Waals surface area contributed by atoms with E-state index in [2.05, 4.69) is 21.4 Å². The van der Waals surface area contributed by atoms with Gasteiger partial charge in [-0.1, -0.05) is 6.92 Å². The Morgan fingerprint density at radius 3 is 2.86 bits per heavy atom. The Balaban J connectivity index is 1.35. The number of nitriles is 1. The van der Waals surface area contributed by atoms with Crippen LogP contribution in [0.3, 0.4) is 0 Å². The topological polar surface area (TPSA) is 129 Å². The Morgan fingerprint density at radius 2 is 2.16 bits per heavy atom. The molecule has 0 aliphatic carbocycles. The van der Waals surface area contributed by atoms with E-state index in [9.17, 15) is 19.6 Å². The van der Waals surface area contributed by atoms with E-state index < -0.39 is 6.03 Å². The third-order valence-corrected chi connectivity index (χ3v) is 7.44. The lowest BCUT2D eigenvalue weighted by molar-refractivity contribution is -0.131. The fraction of sp³-hybridized carbons (Fsp3) is 0.481. The number of aldehydes is 1. The van der Waals surface area contributed by atoms with Gasteiger partial charge in [0.1, 0.15) is 23.4 Å². The Morgan fingerprint density at radius 1 is 1.30 bits per heavy atom. The van der Waals surface area contributed by atoms with Gasteiger partial charge in [-0.2, -0.15) is 5.26 Å². The predicted molar refractivity (Wildman–Crippen MR) is 135 cm³/mol. The van der Waals surface area contributed by atoms with Gasteiger partial charge in [-0.05, 0) is 61.3 Å². The van der Waals surface area contributed by atoms with Crippen molar-refractivity contribution in [3.8, 4) is 6.07 Å². The summed E-state index contributed by atoms with van der Waals surface area (Å²) in [6.45, 7) is 4.76. The molecule has 2 saturated heterocycles. The van der Waals surface area contributed by atoms with E-state index in [-0.39, 0.29) is 17.5 Å². The molecule has 2 fully saturated rings. The molecule has 0 radical (unpaired) electrons. The standard InChI is InChI=1S/C27H30N6O4/c1-17-4-7-32(26(17)35)14-21-10-19-3-2-6-33(25(19)30-23(21)15-34)27(36)31-24-11-20(22(12-28)13-29-24)9-18-5-8-37-16-18/h10-11,13,15,17-18H,2-9,14,16H2,1H3,(H,29,31,36)/t17-,18-/m1/s1. The van der Waals surface area contributed by atoms with Crippen molar-refractivity contribution in [1.29, 1.82) is 5.26 Å². The van der Waals surface area contributed by atoms with Crippen molar-refractivity contribution in [3.63, 3.8) is 0 Å². The normalized spacial score (nSPS) is 21.0. The highest BCUT2D eigenvalue weighted by Gasteiger charge is 2.30. The number of carbonyl (C=O) groups is 3. The van der Waals surface area contributed by atoms with Gasteiger partial charge in [0.05, 0.1) is 5.56 Å². The number of nitrogens with one attached hydrogen (secondary N) is 1. The van der Waals surface area contributed by atoms with Crippen LogP contribution in [-0.4, -0.2) is 59.4 Å². The van der Waals surface area contributed by atoms with E-state index in [1.807, 2.05) is 13.0 Å². The third-order valence-electron chi connectivity index (χ3n) is 7.44. The zero-order valence-corrected chi connectivity index (χ0v) is 20.9. The van der Waals surface area contributed by atoms with Gasteiger partial charge in [0, 0.05) is 50.5 Å². The number of carbonyl (C=O) groups excluding carboxylic acids is 3. The first-order valence-electron chi connectivity index (χ1n) is 12.8. The number of fused-ring (bicyclic) bond motifs is 1. The van der Waals surface area contributed by atoms with Crippen molar-refractivity contribution >= 4 is 29.9 Å². The summed E-state index contributed by atoms with van der Waals surface area (Å²) in [5, 5.41) is 12.3. The number of urea groups is 1. The minimum absolute atomic E-state index is 0.00713. The molecule has 0 bridgehead atoms. The zero-order chi connectivity index (χ0) is 25.9. The van der Waals surface area contributed by atoms with Crippen LogP contribution < -0.4 is 10.2 Å². The fourth-order valence-electron chi connectivity index (χ4n) is 5.31. The van der Waals surface area contributed by atoms with Crippen LogP contribution in [0, 0.1) is 23.2 Å². The average molecular weight is 503 g/mol. The summed E-state index contributed by atoms with van der Waals surface area (Å²) >= 11 is 0. The average Bonchev–Trinajstić information content (AvgIpc) is 3.53. The van der Waals surface area contributed by atoms with Crippen LogP contribution in [0.15, 0.2) is 18.3 Å². The van der Waals surface area contributed by atoms with E-state index >= 15 is 0 Å². The second-order valence-electron chi connectivity index (χ2n) is 10.0. The molecule has 2 atom stereocenters. The molecule has 0 aromatic carbocycles. The number of aryl methyl sites for hydroxylation is 1. The number of nitrogens with zero attached hydrogens (tertiary/aromatic N) is 5. The molecule has 37 heavy (non-hydrogen) atoms. The summed E-state index contributed by atoms with van der Waals surface area (Å²) in [7, 11) is 0. The number of rotatable bonds is 6. The monoisotopic (exact) mass is 502 g/mol. The van der Waals surface area contributed by atoms with E-state index in [1.54, 1.807) is 11.0 Å². The van der Waals surface area contributed by atoms with Crippen LogP contribution >= 0.6 is 0 Å². The summed E-state index contributed by atoms with van der Waals surface area (Å²) in [6, 6.07) is 5.44. The number of anilines is 2. The molecule has 0 unspecified atom stereocenters. The van der Waals surface area contributed by atoms with E-state index in [1.165, 1.54) is 11.1 Å². The van der Waals surface area contributed by atoms with Crippen LogP contribution in [0.5, 0.6) is 0 Å². The maximum absolute atomic E-state index is 13.3. The molecule has 2 aromatic heterocycles. The van der Waals surface area contributed by atoms with Crippen molar-refractivity contribution in [2.24, 2.45) is 11.8 Å². The fourth-order valence-corrected chi connectivity index (χ4v) is 5.31. The van der Waals surface area contributed by atoms with Crippen LogP contribution in [-0.2, 0) is 28.9 Å². The van der Waals surface area contributed by atoms with Crippen LogP contribution in [0.2, 0.25) is 0 Å². The van der Waals surface area contributed by atoms with Crippen LogP contribution in [0.4, 0.5) is 16.4 Å². The maximum Gasteiger partial charge on any atom is 0.328 e. The molecular weight excluding hydrogens is 472 g/mol. The first kappa shape index (κ1) is 24.8. The van der Waals surface area contributed by atoms with Gasteiger partial charge in [0.25, 0.3) is 0 Å². The quantitative estimate of drug-likeness (QED) is 0.601. The summed E-state index contributed by atoms with van der Waals surface area (Å²) in [5.74, 6) is 1.23. The molecule has 2 aromatic rings. The Hall–Kier alpha value is -3.84. The lowest BCUT2D eigenvalue weighted by Gasteiger charge is -2.29. The first-order valence-corrected chi connectivity index (χ1v) is 12.8. The molecule has 10 heteroatoms. The highest BCUT2D eigenvalue weighted by molar-refractivity contribution is 6.01. The molecule has 3 aliphatic heterocycles. The minimum atomic E-state index is -0.394. The molecule has 5 rings (SSSR count). The van der Waals surface area contributed by atoms with E-state index in [0.717, 1.165) is 43.4 Å². The molecule has 5 heterocycles. The largest absolute Gasteiger partial charge is 0.381 e. The first-order chi connectivity index (χ1) is 18.0. The lowest BCUT2D eigenvalue weighted by atomic mass is 9.96. The maximum atomic E-state index is 13.3. The van der Waals surface area contributed by atoms with Crippen LogP contribution in [0.25, 0.3) is 0 Å². The molecule has 192 valence electrons. The molecular formula is C27H30N6O4. The summed E-state index contributed by atoms with van der Waals surface area (Å²) in [4.78, 5) is 49.7. The van der Waals surface area contributed by atoms with E-state index in [4.69, 9.17) is 4.74 Å². The molecule has 0 saturated carbocycles. The molecule has 10 nitrogen and oxygen atoms in total. The van der Waals surface area contributed by atoms with Crippen molar-refractivity contribution in [2.75, 3.05) is 36.5 Å². The van der Waals surface area contributed by atoms with E-state index in [0.29, 0.717) is 67.6 Å². The van der Waals surface area contributed by atoms with Crippen molar-refractivity contribution < 1.29 is 19.1 Å². The third kappa shape index (κ3) is 5.18. The number of likely N-dealkylation sites (tertiary alicyclic amines) is 1. The lowest BCUT2D eigenvalue weighted by Crippen LogP contribution is -2.40. The Bertz CT molecular complexity index is 1270. The van der Waals surface area contributed by atoms with Gasteiger partial charge < -0.3 is 9.64 Å². The smallest absolute Gasteiger partial charge is 0.328 e. The number of ether oxygens (including phenoxy) is 1. The Labute approximate surface area is 215 Å². The summed E-state index contributed by atoms with van der Waals surface area (Å²) < 4.78 is 5.46.